The highest BCUT2D eigenvalue weighted by Crippen LogP contribution is 2.19. The van der Waals surface area contributed by atoms with Crippen LogP contribution in [0.4, 0.5) is 4.39 Å². The highest BCUT2D eigenvalue weighted by molar-refractivity contribution is 5.92. The van der Waals surface area contributed by atoms with Gasteiger partial charge in [0.2, 0.25) is 0 Å². The summed E-state index contributed by atoms with van der Waals surface area (Å²) in [5.74, 6) is -0.632. The van der Waals surface area contributed by atoms with Crippen LogP contribution in [0.2, 0.25) is 0 Å². The number of hydrogen-bond donors (Lipinski definition) is 1. The zero-order chi connectivity index (χ0) is 10.8. The molecule has 0 unspecified atom stereocenters. The molecule has 1 aromatic rings. The summed E-state index contributed by atoms with van der Waals surface area (Å²) in [7, 11) is 0. The van der Waals surface area contributed by atoms with Crippen molar-refractivity contribution in [1.29, 1.82) is 0 Å². The minimum absolute atomic E-state index is 0.164. The maximum absolute atomic E-state index is 13.3. The Hall–Kier alpha value is -1.45. The fraction of sp³-hybridized carbons (Fsp3) is 0.455. The zero-order valence-corrected chi connectivity index (χ0v) is 8.59. The van der Waals surface area contributed by atoms with E-state index in [1.54, 1.807) is 0 Å². The molecular formula is C11H13FN2O. The minimum Gasteiger partial charge on any atom is -0.348 e. The molecule has 0 radical (unpaired) electrons. The molecule has 0 saturated heterocycles. The van der Waals surface area contributed by atoms with Crippen molar-refractivity contribution >= 4 is 5.91 Å². The Labute approximate surface area is 87.7 Å². The second-order valence-corrected chi connectivity index (χ2v) is 3.76. The lowest BCUT2D eigenvalue weighted by Crippen LogP contribution is -2.26. The maximum Gasteiger partial charge on any atom is 0.270 e. The van der Waals surface area contributed by atoms with E-state index in [0.29, 0.717) is 12.0 Å². The highest BCUT2D eigenvalue weighted by atomic mass is 19.1. The van der Waals surface area contributed by atoms with Gasteiger partial charge in [-0.1, -0.05) is 6.92 Å². The first-order valence-corrected chi connectivity index (χ1v) is 5.16. The van der Waals surface area contributed by atoms with Gasteiger partial charge in [-0.3, -0.25) is 9.78 Å². The lowest BCUT2D eigenvalue weighted by atomic mass is 10.2. The normalized spacial score (nSPS) is 15.1. The van der Waals surface area contributed by atoms with E-state index in [2.05, 4.69) is 10.3 Å². The van der Waals surface area contributed by atoms with Crippen molar-refractivity contribution < 1.29 is 9.18 Å². The molecule has 1 heterocycles. The Morgan fingerprint density at radius 2 is 2.40 bits per heavy atom. The van der Waals surface area contributed by atoms with Crippen molar-refractivity contribution in [3.63, 3.8) is 0 Å². The number of halogens is 1. The summed E-state index contributed by atoms with van der Waals surface area (Å²) in [5, 5.41) is 2.77. The average Bonchev–Trinajstić information content (AvgIpc) is 3.01. The molecule has 1 aromatic heterocycles. The fourth-order valence-corrected chi connectivity index (χ4v) is 1.33. The van der Waals surface area contributed by atoms with Gasteiger partial charge < -0.3 is 5.32 Å². The third-order valence-corrected chi connectivity index (χ3v) is 2.46. The smallest absolute Gasteiger partial charge is 0.270 e. The van der Waals surface area contributed by atoms with E-state index in [1.807, 2.05) is 6.92 Å². The Kier molecular flexibility index (Phi) is 2.66. The van der Waals surface area contributed by atoms with E-state index >= 15 is 0 Å². The maximum atomic E-state index is 13.3. The summed E-state index contributed by atoms with van der Waals surface area (Å²) in [6, 6.07) is 1.48. The Morgan fingerprint density at radius 3 is 2.93 bits per heavy atom. The number of aromatic nitrogens is 1. The molecule has 0 atom stereocenters. The fourth-order valence-electron chi connectivity index (χ4n) is 1.33. The molecule has 1 amide bonds. The molecule has 1 saturated carbocycles. The minimum atomic E-state index is -0.353. The van der Waals surface area contributed by atoms with Crippen molar-refractivity contribution in [1.82, 2.24) is 10.3 Å². The lowest BCUT2D eigenvalue weighted by Gasteiger charge is -2.04. The predicted octanol–water partition coefficient (Wildman–Crippen LogP) is 1.68. The number of nitrogens with one attached hydrogen (secondary N) is 1. The first kappa shape index (κ1) is 10.1. The monoisotopic (exact) mass is 208 g/mol. The molecule has 0 aromatic carbocycles. The number of pyridine rings is 1. The molecule has 4 heteroatoms. The van der Waals surface area contributed by atoms with E-state index in [0.717, 1.165) is 12.8 Å². The summed E-state index contributed by atoms with van der Waals surface area (Å²) in [5.41, 5.74) is 0.703. The van der Waals surface area contributed by atoms with E-state index in [-0.39, 0.29) is 23.5 Å². The first-order chi connectivity index (χ1) is 7.20. The quantitative estimate of drug-likeness (QED) is 0.821. The van der Waals surface area contributed by atoms with Gasteiger partial charge in [0.1, 0.15) is 11.5 Å². The van der Waals surface area contributed by atoms with E-state index in [1.165, 1.54) is 12.3 Å². The second kappa shape index (κ2) is 3.96. The van der Waals surface area contributed by atoms with Gasteiger partial charge in [0.15, 0.2) is 0 Å². The van der Waals surface area contributed by atoms with Crippen LogP contribution in [-0.2, 0) is 6.42 Å². The van der Waals surface area contributed by atoms with E-state index in [4.69, 9.17) is 0 Å². The number of carbonyl (C=O) groups excluding carboxylic acids is 1. The molecule has 0 aliphatic heterocycles. The first-order valence-electron chi connectivity index (χ1n) is 5.16. The zero-order valence-electron chi connectivity index (χ0n) is 8.59. The van der Waals surface area contributed by atoms with Gasteiger partial charge in [-0.05, 0) is 19.3 Å². The number of nitrogens with zero attached hydrogens (tertiary/aromatic N) is 1. The largest absolute Gasteiger partial charge is 0.348 e. The molecule has 0 spiro atoms. The molecule has 80 valence electrons. The molecule has 1 fully saturated rings. The number of carbonyl (C=O) groups is 1. The third-order valence-electron chi connectivity index (χ3n) is 2.46. The standard InChI is InChI=1S/C11H13FN2O/c1-2-7-6-13-10(5-9(7)12)11(15)14-8-3-4-8/h5-6,8H,2-4H2,1H3,(H,14,15). The van der Waals surface area contributed by atoms with Gasteiger partial charge in [-0.15, -0.1) is 0 Å². The highest BCUT2D eigenvalue weighted by Gasteiger charge is 2.24. The van der Waals surface area contributed by atoms with Gasteiger partial charge in [-0.2, -0.15) is 0 Å². The van der Waals surface area contributed by atoms with Gasteiger partial charge in [0.25, 0.3) is 5.91 Å². The van der Waals surface area contributed by atoms with Crippen LogP contribution in [0.3, 0.4) is 0 Å². The number of amides is 1. The van der Waals surface area contributed by atoms with Crippen molar-refractivity contribution in [2.24, 2.45) is 0 Å². The van der Waals surface area contributed by atoms with E-state index < -0.39 is 0 Å². The second-order valence-electron chi connectivity index (χ2n) is 3.76. The molecule has 15 heavy (non-hydrogen) atoms. The van der Waals surface area contributed by atoms with Gasteiger partial charge >= 0.3 is 0 Å². The number of rotatable bonds is 3. The van der Waals surface area contributed by atoms with Crippen LogP contribution >= 0.6 is 0 Å². The van der Waals surface area contributed by atoms with Crippen LogP contribution in [0.5, 0.6) is 0 Å². The number of aryl methyl sites for hydroxylation is 1. The third kappa shape index (κ3) is 2.32. The van der Waals surface area contributed by atoms with Crippen molar-refractivity contribution in [3.8, 4) is 0 Å². The Morgan fingerprint density at radius 1 is 1.67 bits per heavy atom. The summed E-state index contributed by atoms with van der Waals surface area (Å²) in [6.45, 7) is 1.85. The van der Waals surface area contributed by atoms with Crippen LogP contribution in [0.15, 0.2) is 12.3 Å². The van der Waals surface area contributed by atoms with Gasteiger partial charge in [0, 0.05) is 23.9 Å². The SMILES string of the molecule is CCc1cnc(C(=O)NC2CC2)cc1F. The average molecular weight is 208 g/mol. The van der Waals surface area contributed by atoms with Crippen LogP contribution in [-0.4, -0.2) is 16.9 Å². The molecule has 1 aliphatic rings. The topological polar surface area (TPSA) is 42.0 Å². The van der Waals surface area contributed by atoms with Crippen LogP contribution in [0.25, 0.3) is 0 Å². The molecule has 1 aliphatic carbocycles. The van der Waals surface area contributed by atoms with Crippen molar-refractivity contribution in [2.45, 2.75) is 32.2 Å². The lowest BCUT2D eigenvalue weighted by molar-refractivity contribution is 0.0945. The Balaban J connectivity index is 2.13. The summed E-state index contributed by atoms with van der Waals surface area (Å²) < 4.78 is 13.3. The van der Waals surface area contributed by atoms with Crippen molar-refractivity contribution in [2.75, 3.05) is 0 Å². The van der Waals surface area contributed by atoms with Gasteiger partial charge in [-0.25, -0.2) is 4.39 Å². The van der Waals surface area contributed by atoms with Crippen molar-refractivity contribution in [3.05, 3.63) is 29.3 Å². The summed E-state index contributed by atoms with van der Waals surface area (Å²) in [6.07, 6.45) is 4.04. The molecule has 3 nitrogen and oxygen atoms in total. The Bertz CT molecular complexity index is 388. The van der Waals surface area contributed by atoms with Gasteiger partial charge in [0.05, 0.1) is 0 Å². The molecule has 0 bridgehead atoms. The summed E-state index contributed by atoms with van der Waals surface area (Å²) in [4.78, 5) is 15.4. The van der Waals surface area contributed by atoms with Crippen LogP contribution in [0, 0.1) is 5.82 Å². The molecule has 2 rings (SSSR count). The predicted molar refractivity (Wildman–Crippen MR) is 54.1 cm³/mol. The molecular weight excluding hydrogens is 195 g/mol. The van der Waals surface area contributed by atoms with Crippen LogP contribution in [0.1, 0.15) is 35.8 Å². The van der Waals surface area contributed by atoms with Crippen LogP contribution < -0.4 is 5.32 Å². The van der Waals surface area contributed by atoms with E-state index in [9.17, 15) is 9.18 Å². The number of hydrogen-bond acceptors (Lipinski definition) is 2. The molecule has 1 N–H and O–H groups in total. The summed E-state index contributed by atoms with van der Waals surface area (Å²) >= 11 is 0.